The molecule has 0 aliphatic carbocycles. The number of amides is 1. The summed E-state index contributed by atoms with van der Waals surface area (Å²) < 4.78 is 20.6. The van der Waals surface area contributed by atoms with Gasteiger partial charge in [-0.3, -0.25) is 4.79 Å². The van der Waals surface area contributed by atoms with Gasteiger partial charge in [0, 0.05) is 5.70 Å². The van der Waals surface area contributed by atoms with Gasteiger partial charge in [-0.05, 0) is 84.8 Å². The van der Waals surface area contributed by atoms with Crippen molar-refractivity contribution < 1.29 is 19.0 Å². The van der Waals surface area contributed by atoms with E-state index in [4.69, 9.17) is 24.3 Å². The first kappa shape index (κ1) is 31.5. The summed E-state index contributed by atoms with van der Waals surface area (Å²) in [7, 11) is 0. The Labute approximate surface area is 270 Å². The number of nitrogens with zero attached hydrogens (tertiary/aromatic N) is 3. The van der Waals surface area contributed by atoms with Crippen LogP contribution in [0.15, 0.2) is 81.6 Å². The third-order valence-electron chi connectivity index (χ3n) is 6.94. The average Bonchev–Trinajstić information content (AvgIpc) is 3.40. The molecule has 2 N–H and O–H groups in total. The molecule has 1 unspecified atom stereocenters. The average molecular weight is 679 g/mol. The summed E-state index contributed by atoms with van der Waals surface area (Å²) in [5.74, 6) is 2.83. The van der Waals surface area contributed by atoms with Gasteiger partial charge in [-0.2, -0.15) is 4.98 Å². The van der Waals surface area contributed by atoms with Crippen molar-refractivity contribution in [1.29, 1.82) is 0 Å². The number of benzene rings is 3. The van der Waals surface area contributed by atoms with E-state index >= 15 is 0 Å². The minimum Gasteiger partial charge on any atom is -0.492 e. The lowest BCUT2D eigenvalue weighted by Gasteiger charge is -2.29. The van der Waals surface area contributed by atoms with Crippen molar-refractivity contribution in [1.82, 2.24) is 14.8 Å². The van der Waals surface area contributed by atoms with Gasteiger partial charge in [-0.15, -0.1) is 5.10 Å². The molecular weight excluding hydrogens is 642 g/mol. The fourth-order valence-electron chi connectivity index (χ4n) is 4.95. The Kier molecular flexibility index (Phi) is 10.2. The number of halogens is 1. The summed E-state index contributed by atoms with van der Waals surface area (Å²) in [4.78, 5) is 18.8. The van der Waals surface area contributed by atoms with Crippen molar-refractivity contribution in [3.8, 4) is 17.2 Å². The molecule has 5 rings (SSSR count). The van der Waals surface area contributed by atoms with Crippen LogP contribution in [0.25, 0.3) is 0 Å². The van der Waals surface area contributed by atoms with Gasteiger partial charge in [0.15, 0.2) is 11.5 Å². The van der Waals surface area contributed by atoms with E-state index < -0.39 is 6.04 Å². The number of anilines is 2. The highest BCUT2D eigenvalue weighted by Gasteiger charge is 2.35. The van der Waals surface area contributed by atoms with Gasteiger partial charge >= 0.3 is 0 Å². The highest BCUT2D eigenvalue weighted by atomic mass is 79.9. The molecule has 0 saturated heterocycles. The number of allylic oxidation sites excluding steroid dienone is 1. The van der Waals surface area contributed by atoms with E-state index in [1.807, 2.05) is 69.3 Å². The van der Waals surface area contributed by atoms with Gasteiger partial charge in [-0.25, -0.2) is 4.68 Å². The van der Waals surface area contributed by atoms with Crippen LogP contribution < -0.4 is 24.8 Å². The van der Waals surface area contributed by atoms with E-state index in [1.165, 1.54) is 17.3 Å². The predicted molar refractivity (Wildman–Crippen MR) is 178 cm³/mol. The smallest absolute Gasteiger partial charge is 0.255 e. The summed E-state index contributed by atoms with van der Waals surface area (Å²) in [5.41, 5.74) is 4.76. The second-order valence-electron chi connectivity index (χ2n) is 10.1. The second-order valence-corrected chi connectivity index (χ2v) is 12.2. The topological polar surface area (TPSA) is 99.5 Å². The van der Waals surface area contributed by atoms with Crippen molar-refractivity contribution in [2.24, 2.45) is 0 Å². The molecule has 0 radical (unpaired) electrons. The summed E-state index contributed by atoms with van der Waals surface area (Å²) in [6.07, 6.45) is 0. The first-order valence-electron chi connectivity index (χ1n) is 14.6. The van der Waals surface area contributed by atoms with Crippen molar-refractivity contribution in [2.75, 3.05) is 29.6 Å². The SMILES string of the molecule is CCOc1ccccc1NC(=O)C1=C(C)Nc2nc(SCC)nn2C1c1cc(Br)c(OCc2ccc(C)cc2)c(OCC)c1. The number of hydrogen-bond acceptors (Lipinski definition) is 8. The zero-order valence-corrected chi connectivity index (χ0v) is 27.8. The number of para-hydroxylation sites is 2. The van der Waals surface area contributed by atoms with Crippen LogP contribution >= 0.6 is 27.7 Å². The maximum absolute atomic E-state index is 14.1. The van der Waals surface area contributed by atoms with Gasteiger partial charge in [0.1, 0.15) is 18.4 Å². The molecule has 3 aromatic carbocycles. The lowest BCUT2D eigenvalue weighted by atomic mass is 9.94. The molecule has 4 aromatic rings. The monoisotopic (exact) mass is 677 g/mol. The zero-order chi connectivity index (χ0) is 31.2. The minimum atomic E-state index is -0.606. The Balaban J connectivity index is 1.56. The van der Waals surface area contributed by atoms with Crippen molar-refractivity contribution in [3.05, 3.63) is 93.1 Å². The predicted octanol–water partition coefficient (Wildman–Crippen LogP) is 7.77. The van der Waals surface area contributed by atoms with Crippen LogP contribution in [-0.4, -0.2) is 39.6 Å². The quantitative estimate of drug-likeness (QED) is 0.147. The highest BCUT2D eigenvalue weighted by molar-refractivity contribution is 9.10. The second kappa shape index (κ2) is 14.2. The maximum Gasteiger partial charge on any atom is 0.255 e. The minimum absolute atomic E-state index is 0.285. The van der Waals surface area contributed by atoms with Crippen LogP contribution in [0, 0.1) is 6.92 Å². The third-order valence-corrected chi connectivity index (χ3v) is 8.25. The molecule has 1 atom stereocenters. The number of carbonyl (C=O) groups is 1. The molecule has 9 nitrogen and oxygen atoms in total. The molecule has 0 bridgehead atoms. The first-order chi connectivity index (χ1) is 21.3. The van der Waals surface area contributed by atoms with Gasteiger partial charge in [0.05, 0.1) is 28.9 Å². The van der Waals surface area contributed by atoms with E-state index in [9.17, 15) is 4.79 Å². The Hall–Kier alpha value is -3.96. The largest absolute Gasteiger partial charge is 0.492 e. The van der Waals surface area contributed by atoms with Crippen molar-refractivity contribution in [3.63, 3.8) is 0 Å². The molecule has 1 aliphatic rings. The number of thioether (sulfide) groups is 1. The van der Waals surface area contributed by atoms with Crippen LogP contribution in [0.5, 0.6) is 17.2 Å². The van der Waals surface area contributed by atoms with Crippen LogP contribution in [0.4, 0.5) is 11.6 Å². The molecule has 1 aromatic heterocycles. The fraction of sp³-hybridized carbons (Fsp3) is 0.303. The van der Waals surface area contributed by atoms with E-state index in [0.717, 1.165) is 16.9 Å². The summed E-state index contributed by atoms with van der Waals surface area (Å²) in [6.45, 7) is 11.1. The molecular formula is C33H36BrN5O4S. The van der Waals surface area contributed by atoms with E-state index in [1.54, 1.807) is 4.68 Å². The number of aromatic nitrogens is 3. The molecule has 1 aliphatic heterocycles. The molecule has 0 fully saturated rings. The fourth-order valence-corrected chi connectivity index (χ4v) is 6.08. The van der Waals surface area contributed by atoms with E-state index in [0.29, 0.717) is 69.6 Å². The summed E-state index contributed by atoms with van der Waals surface area (Å²) >= 11 is 5.28. The molecule has 2 heterocycles. The number of hydrogen-bond donors (Lipinski definition) is 2. The van der Waals surface area contributed by atoms with Crippen LogP contribution in [0.3, 0.4) is 0 Å². The molecule has 44 heavy (non-hydrogen) atoms. The lowest BCUT2D eigenvalue weighted by Crippen LogP contribution is -2.31. The van der Waals surface area contributed by atoms with Gasteiger partial charge in [-0.1, -0.05) is 60.6 Å². The van der Waals surface area contributed by atoms with E-state index in [-0.39, 0.29) is 5.91 Å². The lowest BCUT2D eigenvalue weighted by molar-refractivity contribution is -0.113. The third kappa shape index (κ3) is 6.89. The zero-order valence-electron chi connectivity index (χ0n) is 25.4. The van der Waals surface area contributed by atoms with Crippen LogP contribution in [0.1, 0.15) is 50.4 Å². The van der Waals surface area contributed by atoms with Crippen LogP contribution in [-0.2, 0) is 11.4 Å². The molecule has 1 amide bonds. The normalized spacial score (nSPS) is 14.1. The number of aryl methyl sites for hydroxylation is 1. The van der Waals surface area contributed by atoms with Crippen LogP contribution in [0.2, 0.25) is 0 Å². The number of ether oxygens (including phenoxy) is 3. The van der Waals surface area contributed by atoms with Gasteiger partial charge in [0.25, 0.3) is 5.91 Å². The Morgan fingerprint density at radius 2 is 1.73 bits per heavy atom. The Bertz CT molecular complexity index is 1670. The molecule has 0 saturated carbocycles. The molecule has 11 heteroatoms. The standard InChI is InChI=1S/C33H36BrN5O4S/c1-6-41-26-12-10-9-11-25(26)36-31(40)28-21(5)35-32-37-33(44-8-3)38-39(32)29(28)23-17-24(34)30(27(18-23)42-7-2)43-19-22-15-13-20(4)14-16-22/h9-18,29H,6-8,19H2,1-5H3,(H,36,40)(H,35,37,38). The number of nitrogens with one attached hydrogen (secondary N) is 2. The first-order valence-corrected chi connectivity index (χ1v) is 16.4. The van der Waals surface area contributed by atoms with Gasteiger partial charge < -0.3 is 24.8 Å². The summed E-state index contributed by atoms with van der Waals surface area (Å²) in [6, 6.07) is 18.9. The molecule has 0 spiro atoms. The highest BCUT2D eigenvalue weighted by Crippen LogP contribution is 2.44. The van der Waals surface area contributed by atoms with Gasteiger partial charge in [0.2, 0.25) is 11.1 Å². The number of fused-ring (bicyclic) bond motifs is 1. The van der Waals surface area contributed by atoms with Crippen molar-refractivity contribution in [2.45, 2.75) is 52.4 Å². The maximum atomic E-state index is 14.1. The number of carbonyl (C=O) groups excluding carboxylic acids is 1. The van der Waals surface area contributed by atoms with Crippen molar-refractivity contribution >= 4 is 45.2 Å². The Morgan fingerprint density at radius 3 is 2.45 bits per heavy atom. The number of rotatable bonds is 12. The van der Waals surface area contributed by atoms with E-state index in [2.05, 4.69) is 52.5 Å². The summed E-state index contributed by atoms with van der Waals surface area (Å²) in [5, 5.41) is 11.8. The molecule has 230 valence electrons. The Morgan fingerprint density at radius 1 is 1.00 bits per heavy atom.